The third-order valence-electron chi connectivity index (χ3n) is 2.92. The molecule has 2 aromatic rings. The lowest BCUT2D eigenvalue weighted by Crippen LogP contribution is -2.12. The van der Waals surface area contributed by atoms with E-state index in [4.69, 9.17) is 10.8 Å². The van der Waals surface area contributed by atoms with Crippen molar-refractivity contribution >= 4 is 11.9 Å². The van der Waals surface area contributed by atoms with Gasteiger partial charge in [-0.2, -0.15) is 0 Å². The summed E-state index contributed by atoms with van der Waals surface area (Å²) in [5, 5.41) is 8.80. The Bertz CT molecular complexity index is 696. The molecule has 0 aliphatic heterocycles. The molecule has 102 valence electrons. The summed E-state index contributed by atoms with van der Waals surface area (Å²) in [6.45, 7) is 1.54. The Morgan fingerprint density at radius 3 is 2.45 bits per heavy atom. The molecule has 3 N–H and O–H groups in total. The van der Waals surface area contributed by atoms with Crippen molar-refractivity contribution in [3.8, 4) is 11.3 Å². The van der Waals surface area contributed by atoms with E-state index < -0.39 is 17.7 Å². The molecule has 0 atom stereocenters. The van der Waals surface area contributed by atoms with Crippen LogP contribution in [0.5, 0.6) is 0 Å². The number of rotatable bonds is 3. The molecule has 0 saturated heterocycles. The predicted molar refractivity (Wildman–Crippen MR) is 69.8 cm³/mol. The number of amides is 1. The second kappa shape index (κ2) is 5.08. The molecule has 1 aromatic heterocycles. The second-order valence-electron chi connectivity index (χ2n) is 4.23. The predicted octanol–water partition coefficient (Wildman–Crippen LogP) is 1.99. The van der Waals surface area contributed by atoms with Gasteiger partial charge in [0.05, 0.1) is 11.3 Å². The van der Waals surface area contributed by atoms with Crippen LogP contribution in [0.4, 0.5) is 4.39 Å². The highest BCUT2D eigenvalue weighted by molar-refractivity contribution is 5.94. The van der Waals surface area contributed by atoms with Gasteiger partial charge in [0, 0.05) is 17.3 Å². The van der Waals surface area contributed by atoms with Crippen molar-refractivity contribution in [1.29, 1.82) is 0 Å². The Balaban J connectivity index is 2.56. The molecule has 0 saturated carbocycles. The number of carbonyl (C=O) groups is 2. The zero-order chi connectivity index (χ0) is 14.9. The average Bonchev–Trinajstić information content (AvgIpc) is 2.41. The molecule has 5 nitrogen and oxygen atoms in total. The molecular weight excluding hydrogens is 263 g/mol. The van der Waals surface area contributed by atoms with Crippen LogP contribution in [0.15, 0.2) is 30.5 Å². The van der Waals surface area contributed by atoms with Crippen LogP contribution in [0.25, 0.3) is 11.3 Å². The zero-order valence-electron chi connectivity index (χ0n) is 10.6. The van der Waals surface area contributed by atoms with Gasteiger partial charge in [0.25, 0.3) is 0 Å². The summed E-state index contributed by atoms with van der Waals surface area (Å²) < 4.78 is 13.8. The minimum Gasteiger partial charge on any atom is -0.478 e. The first kappa shape index (κ1) is 13.7. The number of carboxylic acids is 1. The molecule has 1 heterocycles. The van der Waals surface area contributed by atoms with Crippen LogP contribution in [0, 0.1) is 12.7 Å². The smallest absolute Gasteiger partial charge is 0.337 e. The van der Waals surface area contributed by atoms with E-state index in [1.807, 2.05) is 0 Å². The summed E-state index contributed by atoms with van der Waals surface area (Å²) in [6.07, 6.45) is 1.17. The standard InChI is InChI=1S/C14H11FN2O3/c1-7-10(4-9(13(16)18)5-11(7)15)12-3-2-8(6-17-12)14(19)20/h2-6H,1H3,(H2,16,18)(H,19,20). The maximum absolute atomic E-state index is 13.8. The number of hydrogen-bond donors (Lipinski definition) is 2. The number of benzene rings is 1. The maximum atomic E-state index is 13.8. The zero-order valence-corrected chi connectivity index (χ0v) is 10.6. The Kier molecular flexibility index (Phi) is 3.47. The summed E-state index contributed by atoms with van der Waals surface area (Å²) in [6, 6.07) is 5.31. The SMILES string of the molecule is Cc1c(F)cc(C(N)=O)cc1-c1ccc(C(=O)O)cn1. The fourth-order valence-corrected chi connectivity index (χ4v) is 1.77. The number of pyridine rings is 1. The number of primary amides is 1. The first-order valence-electron chi connectivity index (χ1n) is 5.70. The number of aromatic nitrogens is 1. The molecule has 6 heteroatoms. The van der Waals surface area contributed by atoms with E-state index in [9.17, 15) is 14.0 Å². The van der Waals surface area contributed by atoms with Crippen molar-refractivity contribution in [3.05, 3.63) is 53.0 Å². The minimum atomic E-state index is -1.10. The highest BCUT2D eigenvalue weighted by Crippen LogP contribution is 2.25. The van der Waals surface area contributed by atoms with Crippen molar-refractivity contribution in [2.45, 2.75) is 6.92 Å². The van der Waals surface area contributed by atoms with Crippen LogP contribution in [-0.4, -0.2) is 22.0 Å². The number of halogens is 1. The molecule has 0 aliphatic carbocycles. The van der Waals surface area contributed by atoms with Crippen LogP contribution in [-0.2, 0) is 0 Å². The van der Waals surface area contributed by atoms with Gasteiger partial charge in [0.2, 0.25) is 5.91 Å². The van der Waals surface area contributed by atoms with Gasteiger partial charge in [-0.3, -0.25) is 9.78 Å². The molecule has 2 rings (SSSR count). The molecule has 20 heavy (non-hydrogen) atoms. The van der Waals surface area contributed by atoms with Crippen LogP contribution in [0.1, 0.15) is 26.3 Å². The van der Waals surface area contributed by atoms with Crippen molar-refractivity contribution < 1.29 is 19.1 Å². The van der Waals surface area contributed by atoms with Gasteiger partial charge < -0.3 is 10.8 Å². The minimum absolute atomic E-state index is 0.0259. The first-order valence-corrected chi connectivity index (χ1v) is 5.70. The van der Waals surface area contributed by atoms with E-state index in [0.29, 0.717) is 16.8 Å². The summed E-state index contributed by atoms with van der Waals surface area (Å²) in [7, 11) is 0. The van der Waals surface area contributed by atoms with Crippen LogP contribution < -0.4 is 5.73 Å². The van der Waals surface area contributed by atoms with E-state index in [1.54, 1.807) is 6.92 Å². The van der Waals surface area contributed by atoms with Crippen molar-refractivity contribution in [2.24, 2.45) is 5.73 Å². The Morgan fingerprint density at radius 1 is 1.25 bits per heavy atom. The number of aromatic carboxylic acids is 1. The molecule has 0 radical (unpaired) electrons. The number of nitrogens with two attached hydrogens (primary N) is 1. The molecule has 0 spiro atoms. The van der Waals surface area contributed by atoms with Gasteiger partial charge in [0.1, 0.15) is 5.82 Å². The lowest BCUT2D eigenvalue weighted by molar-refractivity contribution is 0.0696. The van der Waals surface area contributed by atoms with Crippen molar-refractivity contribution in [1.82, 2.24) is 4.98 Å². The van der Waals surface area contributed by atoms with E-state index in [2.05, 4.69) is 4.98 Å². The van der Waals surface area contributed by atoms with E-state index in [0.717, 1.165) is 6.07 Å². The summed E-state index contributed by atoms with van der Waals surface area (Å²) in [5.74, 6) is -2.41. The molecule has 0 fully saturated rings. The maximum Gasteiger partial charge on any atom is 0.337 e. The third-order valence-corrected chi connectivity index (χ3v) is 2.92. The molecule has 0 bridgehead atoms. The van der Waals surface area contributed by atoms with Crippen LogP contribution >= 0.6 is 0 Å². The van der Waals surface area contributed by atoms with Crippen LogP contribution in [0.3, 0.4) is 0 Å². The van der Waals surface area contributed by atoms with Gasteiger partial charge in [-0.25, -0.2) is 9.18 Å². The highest BCUT2D eigenvalue weighted by atomic mass is 19.1. The Morgan fingerprint density at radius 2 is 1.95 bits per heavy atom. The first-order chi connectivity index (χ1) is 9.40. The number of nitrogens with zero attached hydrogens (tertiary/aromatic N) is 1. The molecule has 0 aliphatic rings. The molecule has 1 aromatic carbocycles. The number of hydrogen-bond acceptors (Lipinski definition) is 3. The number of carboxylic acid groups (broad SMARTS) is 1. The van der Waals surface area contributed by atoms with Gasteiger partial charge in [0.15, 0.2) is 0 Å². The van der Waals surface area contributed by atoms with E-state index >= 15 is 0 Å². The van der Waals surface area contributed by atoms with Crippen LogP contribution in [0.2, 0.25) is 0 Å². The second-order valence-corrected chi connectivity index (χ2v) is 4.23. The summed E-state index contributed by atoms with van der Waals surface area (Å²) >= 11 is 0. The van der Waals surface area contributed by atoms with Crippen molar-refractivity contribution in [3.63, 3.8) is 0 Å². The van der Waals surface area contributed by atoms with Gasteiger partial charge >= 0.3 is 5.97 Å². The fourth-order valence-electron chi connectivity index (χ4n) is 1.77. The quantitative estimate of drug-likeness (QED) is 0.895. The van der Waals surface area contributed by atoms with Gasteiger partial charge in [-0.15, -0.1) is 0 Å². The number of carbonyl (C=O) groups excluding carboxylic acids is 1. The van der Waals surface area contributed by atoms with Crippen molar-refractivity contribution in [2.75, 3.05) is 0 Å². The largest absolute Gasteiger partial charge is 0.478 e. The fraction of sp³-hybridized carbons (Fsp3) is 0.0714. The molecule has 0 unspecified atom stereocenters. The molecule has 1 amide bonds. The monoisotopic (exact) mass is 274 g/mol. The topological polar surface area (TPSA) is 93.3 Å². The lowest BCUT2D eigenvalue weighted by atomic mass is 10.0. The highest BCUT2D eigenvalue weighted by Gasteiger charge is 2.13. The Labute approximate surface area is 113 Å². The van der Waals surface area contributed by atoms with Gasteiger partial charge in [-0.1, -0.05) is 0 Å². The Hall–Kier alpha value is -2.76. The third kappa shape index (κ3) is 2.49. The lowest BCUT2D eigenvalue weighted by Gasteiger charge is -2.08. The van der Waals surface area contributed by atoms with E-state index in [1.165, 1.54) is 24.4 Å². The molecular formula is C14H11FN2O3. The summed E-state index contributed by atoms with van der Waals surface area (Å²) in [5.41, 5.74) is 6.28. The normalized spacial score (nSPS) is 10.3. The van der Waals surface area contributed by atoms with E-state index in [-0.39, 0.29) is 11.1 Å². The van der Waals surface area contributed by atoms with Gasteiger partial charge in [-0.05, 0) is 36.8 Å². The average molecular weight is 274 g/mol. The summed E-state index contributed by atoms with van der Waals surface area (Å²) in [4.78, 5) is 25.9.